The third-order valence-corrected chi connectivity index (χ3v) is 4.77. The van der Waals surface area contributed by atoms with E-state index in [0.717, 1.165) is 24.6 Å². The van der Waals surface area contributed by atoms with Gasteiger partial charge in [-0.3, -0.25) is 0 Å². The van der Waals surface area contributed by atoms with Crippen molar-refractivity contribution in [3.63, 3.8) is 0 Å². The number of anilines is 2. The maximum absolute atomic E-state index is 9.13. The molecule has 0 amide bonds. The van der Waals surface area contributed by atoms with E-state index in [9.17, 15) is 0 Å². The highest BCUT2D eigenvalue weighted by Crippen LogP contribution is 2.43. The molecular weight excluding hydrogens is 284 g/mol. The monoisotopic (exact) mass is 308 g/mol. The zero-order valence-electron chi connectivity index (χ0n) is 13.0. The maximum Gasteiger partial charge on any atom is 0.178 e. The van der Waals surface area contributed by atoms with Crippen LogP contribution in [-0.2, 0) is 0 Å². The Morgan fingerprint density at radius 1 is 1.57 bits per heavy atom. The van der Waals surface area contributed by atoms with Gasteiger partial charge in [-0.2, -0.15) is 5.26 Å². The van der Waals surface area contributed by atoms with Crippen LogP contribution in [0.2, 0.25) is 0 Å². The average molecular weight is 308 g/mol. The minimum atomic E-state index is 0.0380. The number of ether oxygens (including phenoxy) is 1. The zero-order chi connectivity index (χ0) is 15.4. The van der Waals surface area contributed by atoms with E-state index >= 15 is 0 Å². The van der Waals surface area contributed by atoms with Crippen molar-refractivity contribution in [1.29, 1.82) is 5.26 Å². The van der Waals surface area contributed by atoms with Gasteiger partial charge < -0.3 is 20.7 Å². The molecule has 21 heavy (non-hydrogen) atoms. The topological polar surface area (TPSA) is 74.3 Å². The molecule has 5 nitrogen and oxygen atoms in total. The maximum atomic E-state index is 9.13. The van der Waals surface area contributed by atoms with Crippen molar-refractivity contribution < 1.29 is 4.74 Å². The molecule has 1 unspecified atom stereocenters. The Labute approximate surface area is 130 Å². The van der Waals surface area contributed by atoms with Crippen LogP contribution in [0.5, 0.6) is 5.75 Å². The summed E-state index contributed by atoms with van der Waals surface area (Å²) in [6.45, 7) is 10.4. The van der Waals surface area contributed by atoms with Crippen molar-refractivity contribution >= 4 is 22.0 Å². The smallest absolute Gasteiger partial charge is 0.178 e. The quantitative estimate of drug-likeness (QED) is 0.845. The fourth-order valence-electron chi connectivity index (χ4n) is 2.58. The summed E-state index contributed by atoms with van der Waals surface area (Å²) < 4.78 is 5.78. The SMILES string of the molecule is CCN1CCC(CNc2sc(C#N)c(N)c2OC(C)C)C1. The number of rotatable bonds is 6. The second-order valence-corrected chi connectivity index (χ2v) is 6.73. The predicted molar refractivity (Wildman–Crippen MR) is 87.9 cm³/mol. The van der Waals surface area contributed by atoms with Gasteiger partial charge in [0.25, 0.3) is 0 Å². The van der Waals surface area contributed by atoms with E-state index in [1.165, 1.54) is 24.3 Å². The summed E-state index contributed by atoms with van der Waals surface area (Å²) in [4.78, 5) is 2.98. The summed E-state index contributed by atoms with van der Waals surface area (Å²) in [6.07, 6.45) is 1.25. The Kier molecular flexibility index (Phi) is 5.32. The predicted octanol–water partition coefficient (Wildman–Crippen LogP) is 2.74. The largest absolute Gasteiger partial charge is 0.486 e. The molecule has 0 bridgehead atoms. The summed E-state index contributed by atoms with van der Waals surface area (Å²) >= 11 is 1.38. The molecule has 6 heteroatoms. The van der Waals surface area contributed by atoms with Crippen molar-refractivity contribution in [2.75, 3.05) is 37.2 Å². The fraction of sp³-hybridized carbons (Fsp3) is 0.667. The van der Waals surface area contributed by atoms with Gasteiger partial charge in [0.2, 0.25) is 0 Å². The molecular formula is C15H24N4OS. The number of nitrogens with two attached hydrogens (primary N) is 1. The van der Waals surface area contributed by atoms with Gasteiger partial charge in [0.15, 0.2) is 5.75 Å². The number of hydrogen-bond acceptors (Lipinski definition) is 6. The van der Waals surface area contributed by atoms with Crippen LogP contribution in [0.15, 0.2) is 0 Å². The lowest BCUT2D eigenvalue weighted by Crippen LogP contribution is -2.22. The van der Waals surface area contributed by atoms with Gasteiger partial charge in [-0.05, 0) is 39.3 Å². The Morgan fingerprint density at radius 2 is 2.33 bits per heavy atom. The number of nitrogens with one attached hydrogen (secondary N) is 1. The second kappa shape index (κ2) is 7.01. The molecule has 0 saturated carbocycles. The lowest BCUT2D eigenvalue weighted by atomic mass is 10.1. The van der Waals surface area contributed by atoms with Gasteiger partial charge >= 0.3 is 0 Å². The Bertz CT molecular complexity index is 520. The number of hydrogen-bond donors (Lipinski definition) is 2. The van der Waals surface area contributed by atoms with Crippen LogP contribution in [0, 0.1) is 17.2 Å². The first-order valence-electron chi connectivity index (χ1n) is 7.50. The molecule has 0 aromatic carbocycles. The summed E-state index contributed by atoms with van der Waals surface area (Å²) in [5.41, 5.74) is 6.46. The van der Waals surface area contributed by atoms with E-state index in [1.54, 1.807) is 0 Å². The first-order valence-corrected chi connectivity index (χ1v) is 8.32. The Hall–Kier alpha value is -1.45. The summed E-state index contributed by atoms with van der Waals surface area (Å²) in [5.74, 6) is 1.28. The fourth-order valence-corrected chi connectivity index (χ4v) is 3.44. The molecule has 116 valence electrons. The highest BCUT2D eigenvalue weighted by molar-refractivity contribution is 7.17. The zero-order valence-corrected chi connectivity index (χ0v) is 13.8. The van der Waals surface area contributed by atoms with Crippen LogP contribution in [0.25, 0.3) is 0 Å². The number of thiophene rings is 1. The third kappa shape index (κ3) is 3.80. The molecule has 1 saturated heterocycles. The van der Waals surface area contributed by atoms with Gasteiger partial charge in [-0.25, -0.2) is 0 Å². The first-order chi connectivity index (χ1) is 10.0. The van der Waals surface area contributed by atoms with Gasteiger partial charge in [0.05, 0.1) is 6.10 Å². The van der Waals surface area contributed by atoms with Crippen molar-refractivity contribution in [2.24, 2.45) is 5.92 Å². The normalized spacial score (nSPS) is 18.9. The molecule has 1 aliphatic heterocycles. The molecule has 1 fully saturated rings. The van der Waals surface area contributed by atoms with E-state index in [-0.39, 0.29) is 6.10 Å². The highest BCUT2D eigenvalue weighted by Gasteiger charge is 2.23. The molecule has 1 aromatic rings. The summed E-state index contributed by atoms with van der Waals surface area (Å²) in [7, 11) is 0. The van der Waals surface area contributed by atoms with Crippen molar-refractivity contribution in [1.82, 2.24) is 4.90 Å². The third-order valence-electron chi connectivity index (χ3n) is 3.72. The molecule has 1 atom stereocenters. The number of nitriles is 1. The van der Waals surface area contributed by atoms with Crippen LogP contribution in [0.1, 0.15) is 32.1 Å². The lowest BCUT2D eigenvalue weighted by Gasteiger charge is -2.16. The summed E-state index contributed by atoms with van der Waals surface area (Å²) in [6, 6.07) is 2.14. The standard InChI is InChI=1S/C15H24N4OS/c1-4-19-6-5-11(9-19)8-18-15-14(20-10(2)3)13(17)12(7-16)21-15/h10-11,18H,4-6,8-9,17H2,1-3H3. The molecule has 1 aromatic heterocycles. The molecule has 2 heterocycles. The van der Waals surface area contributed by atoms with Gasteiger partial charge in [0.1, 0.15) is 21.6 Å². The number of likely N-dealkylation sites (tertiary alicyclic amines) is 1. The second-order valence-electron chi connectivity index (χ2n) is 5.71. The average Bonchev–Trinajstić information content (AvgIpc) is 3.03. The van der Waals surface area contributed by atoms with Gasteiger partial charge in [0, 0.05) is 13.1 Å². The molecule has 2 rings (SSSR count). The van der Waals surface area contributed by atoms with Crippen LogP contribution in [0.3, 0.4) is 0 Å². The number of nitrogens with zero attached hydrogens (tertiary/aromatic N) is 2. The first kappa shape index (κ1) is 15.9. The van der Waals surface area contributed by atoms with Crippen LogP contribution in [0.4, 0.5) is 10.7 Å². The summed E-state index contributed by atoms with van der Waals surface area (Å²) in [5, 5.41) is 13.4. The molecule has 0 radical (unpaired) electrons. The van der Waals surface area contributed by atoms with Crippen LogP contribution < -0.4 is 15.8 Å². The van der Waals surface area contributed by atoms with Crippen LogP contribution >= 0.6 is 11.3 Å². The van der Waals surface area contributed by atoms with E-state index < -0.39 is 0 Å². The Morgan fingerprint density at radius 3 is 2.90 bits per heavy atom. The lowest BCUT2D eigenvalue weighted by molar-refractivity contribution is 0.246. The molecule has 0 spiro atoms. The van der Waals surface area contributed by atoms with E-state index in [4.69, 9.17) is 15.7 Å². The molecule has 0 aliphatic carbocycles. The molecule has 3 N–H and O–H groups in total. The highest BCUT2D eigenvalue weighted by atomic mass is 32.1. The van der Waals surface area contributed by atoms with E-state index in [2.05, 4.69) is 23.2 Å². The number of nitrogen functional groups attached to an aromatic ring is 1. The minimum Gasteiger partial charge on any atom is -0.486 e. The van der Waals surface area contributed by atoms with Crippen LogP contribution in [-0.4, -0.2) is 37.2 Å². The van der Waals surface area contributed by atoms with Crippen molar-refractivity contribution in [3.8, 4) is 11.8 Å². The molecule has 1 aliphatic rings. The van der Waals surface area contributed by atoms with E-state index in [0.29, 0.717) is 22.2 Å². The van der Waals surface area contributed by atoms with Crippen molar-refractivity contribution in [3.05, 3.63) is 4.88 Å². The van der Waals surface area contributed by atoms with E-state index in [1.807, 2.05) is 13.8 Å². The van der Waals surface area contributed by atoms with Gasteiger partial charge in [-0.15, -0.1) is 11.3 Å². The van der Waals surface area contributed by atoms with Crippen molar-refractivity contribution in [2.45, 2.75) is 33.3 Å². The minimum absolute atomic E-state index is 0.0380. The van der Waals surface area contributed by atoms with Gasteiger partial charge in [-0.1, -0.05) is 6.92 Å². The Balaban J connectivity index is 2.04.